The highest BCUT2D eigenvalue weighted by atomic mass is 16.5. The number of amides is 2. The molecular formula is C30H36N2O4. The fraction of sp³-hybridized carbons (Fsp3) is 0.333. The van der Waals surface area contributed by atoms with Gasteiger partial charge in [-0.3, -0.25) is 9.59 Å². The van der Waals surface area contributed by atoms with Gasteiger partial charge in [-0.15, -0.1) is 0 Å². The molecule has 190 valence electrons. The highest BCUT2D eigenvalue weighted by Gasteiger charge is 2.30. The highest BCUT2D eigenvalue weighted by Crippen LogP contribution is 2.21. The van der Waals surface area contributed by atoms with Gasteiger partial charge in [-0.1, -0.05) is 61.5 Å². The van der Waals surface area contributed by atoms with Crippen molar-refractivity contribution in [3.63, 3.8) is 0 Å². The second-order valence-corrected chi connectivity index (χ2v) is 8.93. The van der Waals surface area contributed by atoms with Crippen LogP contribution in [-0.2, 0) is 22.6 Å². The van der Waals surface area contributed by atoms with E-state index in [1.807, 2.05) is 93.6 Å². The number of aryl methyl sites for hydroxylation is 2. The predicted molar refractivity (Wildman–Crippen MR) is 142 cm³/mol. The summed E-state index contributed by atoms with van der Waals surface area (Å²) in [5, 5.41) is 2.99. The molecule has 0 aliphatic rings. The lowest BCUT2D eigenvalue weighted by Gasteiger charge is -2.31. The number of methoxy groups -OCH3 is 1. The monoisotopic (exact) mass is 488 g/mol. The Labute approximate surface area is 214 Å². The van der Waals surface area contributed by atoms with Crippen LogP contribution in [0.3, 0.4) is 0 Å². The van der Waals surface area contributed by atoms with Crippen LogP contribution in [0.25, 0.3) is 0 Å². The van der Waals surface area contributed by atoms with Gasteiger partial charge in [-0.05, 0) is 60.7 Å². The standard InChI is InChI=1S/C30H36N2O4/c1-5-16-31-30(34)27(19-24-10-7-6-8-11-24)32(20-25-12-9-13-26(18-25)35-4)29(33)21-36-28-17-22(2)14-15-23(28)3/h6-15,17-18,27H,5,16,19-21H2,1-4H3,(H,31,34)/t27-/m1/s1. The van der Waals surface area contributed by atoms with Crippen molar-refractivity contribution in [3.05, 3.63) is 95.1 Å². The van der Waals surface area contributed by atoms with Crippen LogP contribution in [0.4, 0.5) is 0 Å². The van der Waals surface area contributed by atoms with Crippen molar-refractivity contribution in [2.75, 3.05) is 20.3 Å². The van der Waals surface area contributed by atoms with Gasteiger partial charge < -0.3 is 19.7 Å². The molecule has 2 amide bonds. The zero-order chi connectivity index (χ0) is 25.9. The molecule has 0 fully saturated rings. The lowest BCUT2D eigenvalue weighted by Crippen LogP contribution is -2.51. The van der Waals surface area contributed by atoms with Crippen LogP contribution in [0, 0.1) is 13.8 Å². The van der Waals surface area contributed by atoms with E-state index in [1.54, 1.807) is 12.0 Å². The van der Waals surface area contributed by atoms with Crippen molar-refractivity contribution in [1.82, 2.24) is 10.2 Å². The van der Waals surface area contributed by atoms with Gasteiger partial charge >= 0.3 is 0 Å². The summed E-state index contributed by atoms with van der Waals surface area (Å²) < 4.78 is 11.3. The summed E-state index contributed by atoms with van der Waals surface area (Å²) in [4.78, 5) is 28.7. The summed E-state index contributed by atoms with van der Waals surface area (Å²) in [6, 6.07) is 22.5. The van der Waals surface area contributed by atoms with Gasteiger partial charge in [0.05, 0.1) is 7.11 Å². The number of hydrogen-bond acceptors (Lipinski definition) is 4. The number of rotatable bonds is 12. The van der Waals surface area contributed by atoms with Gasteiger partial charge in [-0.2, -0.15) is 0 Å². The molecule has 0 radical (unpaired) electrons. The molecule has 0 aromatic heterocycles. The normalized spacial score (nSPS) is 11.4. The molecule has 0 bridgehead atoms. The highest BCUT2D eigenvalue weighted by molar-refractivity contribution is 5.88. The van der Waals surface area contributed by atoms with Crippen molar-refractivity contribution < 1.29 is 19.1 Å². The quantitative estimate of drug-likeness (QED) is 0.396. The number of nitrogens with zero attached hydrogens (tertiary/aromatic N) is 1. The molecule has 0 spiro atoms. The van der Waals surface area contributed by atoms with Crippen molar-refractivity contribution >= 4 is 11.8 Å². The first-order valence-corrected chi connectivity index (χ1v) is 12.3. The average Bonchev–Trinajstić information content (AvgIpc) is 2.90. The molecule has 0 aliphatic heterocycles. The van der Waals surface area contributed by atoms with Crippen molar-refractivity contribution in [2.45, 2.75) is 46.2 Å². The molecule has 6 heteroatoms. The van der Waals surface area contributed by atoms with E-state index < -0.39 is 6.04 Å². The van der Waals surface area contributed by atoms with Crippen LogP contribution in [0.5, 0.6) is 11.5 Å². The number of nitrogens with one attached hydrogen (secondary N) is 1. The second-order valence-electron chi connectivity index (χ2n) is 8.93. The fourth-order valence-corrected chi connectivity index (χ4v) is 3.97. The van der Waals surface area contributed by atoms with Crippen LogP contribution in [-0.4, -0.2) is 43.0 Å². The topological polar surface area (TPSA) is 67.9 Å². The van der Waals surface area contributed by atoms with Gasteiger partial charge in [0.2, 0.25) is 5.91 Å². The number of carbonyl (C=O) groups excluding carboxylic acids is 2. The maximum absolute atomic E-state index is 13.7. The Morgan fingerprint density at radius 2 is 1.69 bits per heavy atom. The van der Waals surface area contributed by atoms with E-state index >= 15 is 0 Å². The molecule has 36 heavy (non-hydrogen) atoms. The third kappa shape index (κ3) is 7.60. The summed E-state index contributed by atoms with van der Waals surface area (Å²) in [5.41, 5.74) is 3.86. The lowest BCUT2D eigenvalue weighted by atomic mass is 10.0. The molecule has 0 saturated heterocycles. The first kappa shape index (κ1) is 26.8. The molecule has 3 rings (SSSR count). The van der Waals surface area contributed by atoms with E-state index in [1.165, 1.54) is 0 Å². The number of carbonyl (C=O) groups is 2. The van der Waals surface area contributed by atoms with Crippen LogP contribution in [0.1, 0.15) is 35.6 Å². The predicted octanol–water partition coefficient (Wildman–Crippen LogP) is 4.86. The van der Waals surface area contributed by atoms with Crippen molar-refractivity contribution in [2.24, 2.45) is 0 Å². The van der Waals surface area contributed by atoms with Gasteiger partial charge in [-0.25, -0.2) is 0 Å². The number of benzene rings is 3. The Bertz CT molecular complexity index is 1150. The van der Waals surface area contributed by atoms with Crippen molar-refractivity contribution in [1.29, 1.82) is 0 Å². The van der Waals surface area contributed by atoms with Gasteiger partial charge in [0, 0.05) is 19.5 Å². The summed E-state index contributed by atoms with van der Waals surface area (Å²) in [6.07, 6.45) is 1.21. The van der Waals surface area contributed by atoms with E-state index in [4.69, 9.17) is 9.47 Å². The average molecular weight is 489 g/mol. The minimum atomic E-state index is -0.695. The zero-order valence-corrected chi connectivity index (χ0v) is 21.6. The van der Waals surface area contributed by atoms with Crippen LogP contribution in [0.15, 0.2) is 72.8 Å². The largest absolute Gasteiger partial charge is 0.497 e. The summed E-state index contributed by atoms with van der Waals surface area (Å²) in [7, 11) is 1.61. The number of hydrogen-bond donors (Lipinski definition) is 1. The lowest BCUT2D eigenvalue weighted by molar-refractivity contribution is -0.142. The molecule has 1 atom stereocenters. The summed E-state index contributed by atoms with van der Waals surface area (Å²) in [6.45, 7) is 6.57. The molecule has 1 N–H and O–H groups in total. The molecular weight excluding hydrogens is 452 g/mol. The SMILES string of the molecule is CCCNC(=O)[C@@H](Cc1ccccc1)N(Cc1cccc(OC)c1)C(=O)COc1cc(C)ccc1C. The Hall–Kier alpha value is -3.80. The molecule has 0 aliphatic carbocycles. The molecule has 0 heterocycles. The molecule has 6 nitrogen and oxygen atoms in total. The van der Waals surface area contributed by atoms with E-state index in [2.05, 4.69) is 5.32 Å². The van der Waals surface area contributed by atoms with Crippen molar-refractivity contribution in [3.8, 4) is 11.5 Å². The van der Waals surface area contributed by atoms with E-state index in [0.29, 0.717) is 24.5 Å². The summed E-state index contributed by atoms with van der Waals surface area (Å²) >= 11 is 0. The van der Waals surface area contributed by atoms with E-state index in [0.717, 1.165) is 28.7 Å². The van der Waals surface area contributed by atoms with Gasteiger partial charge in [0.15, 0.2) is 6.61 Å². The molecule has 0 unspecified atom stereocenters. The third-order valence-corrected chi connectivity index (χ3v) is 6.00. The van der Waals surface area contributed by atoms with E-state index in [9.17, 15) is 9.59 Å². The smallest absolute Gasteiger partial charge is 0.261 e. The fourth-order valence-electron chi connectivity index (χ4n) is 3.97. The minimum Gasteiger partial charge on any atom is -0.497 e. The van der Waals surface area contributed by atoms with E-state index in [-0.39, 0.29) is 25.0 Å². The Kier molecular flexibility index (Phi) is 9.92. The first-order valence-electron chi connectivity index (χ1n) is 12.3. The van der Waals surface area contributed by atoms with Crippen LogP contribution >= 0.6 is 0 Å². The van der Waals surface area contributed by atoms with Crippen LogP contribution < -0.4 is 14.8 Å². The maximum atomic E-state index is 13.7. The number of ether oxygens (including phenoxy) is 2. The summed E-state index contributed by atoms with van der Waals surface area (Å²) in [5.74, 6) is 0.927. The Morgan fingerprint density at radius 3 is 2.42 bits per heavy atom. The molecule has 3 aromatic carbocycles. The van der Waals surface area contributed by atoms with Gasteiger partial charge in [0.25, 0.3) is 5.91 Å². The Morgan fingerprint density at radius 1 is 0.944 bits per heavy atom. The maximum Gasteiger partial charge on any atom is 0.261 e. The second kappa shape index (κ2) is 13.3. The zero-order valence-electron chi connectivity index (χ0n) is 21.6. The van der Waals surface area contributed by atoms with Crippen LogP contribution in [0.2, 0.25) is 0 Å². The minimum absolute atomic E-state index is 0.166. The Balaban J connectivity index is 1.92. The first-order chi connectivity index (χ1) is 17.4. The molecule has 0 saturated carbocycles. The molecule has 3 aromatic rings. The van der Waals surface area contributed by atoms with Gasteiger partial charge in [0.1, 0.15) is 17.5 Å². The third-order valence-electron chi connectivity index (χ3n) is 6.00.